The summed E-state index contributed by atoms with van der Waals surface area (Å²) in [6, 6.07) is 4.23. The Morgan fingerprint density at radius 2 is 2.17 bits per heavy atom. The summed E-state index contributed by atoms with van der Waals surface area (Å²) in [5.74, 6) is 0.432. The number of ether oxygens (including phenoxy) is 1. The molecule has 1 aromatic heterocycles. The summed E-state index contributed by atoms with van der Waals surface area (Å²) in [7, 11) is 1.76. The highest BCUT2D eigenvalue weighted by molar-refractivity contribution is 5.61. The largest absolute Gasteiger partial charge is 0.384 e. The van der Waals surface area contributed by atoms with Crippen molar-refractivity contribution in [3.05, 3.63) is 17.8 Å². The molecule has 1 aliphatic rings. The summed E-state index contributed by atoms with van der Waals surface area (Å²) >= 11 is 0. The summed E-state index contributed by atoms with van der Waals surface area (Å²) in [5.41, 5.74) is 6.97. The van der Waals surface area contributed by atoms with Crippen molar-refractivity contribution in [3.63, 3.8) is 0 Å². The van der Waals surface area contributed by atoms with E-state index >= 15 is 0 Å². The minimum Gasteiger partial charge on any atom is -0.384 e. The SMILES string of the molecule is CO[C@H]1CC[C@@H](Nc2cc(N)ncc2C#N)CC1. The van der Waals surface area contributed by atoms with Crippen LogP contribution < -0.4 is 11.1 Å². The van der Waals surface area contributed by atoms with Gasteiger partial charge in [-0.15, -0.1) is 0 Å². The quantitative estimate of drug-likeness (QED) is 0.851. The predicted molar refractivity (Wildman–Crippen MR) is 70.0 cm³/mol. The predicted octanol–water partition coefficient (Wildman–Crippen LogP) is 1.90. The van der Waals surface area contributed by atoms with Crippen molar-refractivity contribution in [1.29, 1.82) is 5.26 Å². The number of nitrogens with zero attached hydrogens (tertiary/aromatic N) is 2. The summed E-state index contributed by atoms with van der Waals surface area (Å²) in [5, 5.41) is 12.4. The van der Waals surface area contributed by atoms with Crippen LogP contribution in [0, 0.1) is 11.3 Å². The van der Waals surface area contributed by atoms with E-state index in [2.05, 4.69) is 16.4 Å². The van der Waals surface area contributed by atoms with Crippen molar-refractivity contribution in [2.24, 2.45) is 0 Å². The average Bonchev–Trinajstić information content (AvgIpc) is 2.40. The Morgan fingerprint density at radius 3 is 2.78 bits per heavy atom. The van der Waals surface area contributed by atoms with Crippen LogP contribution in [0.25, 0.3) is 0 Å². The average molecular weight is 246 g/mol. The molecule has 2 rings (SSSR count). The molecule has 0 atom stereocenters. The number of nitrogen functional groups attached to an aromatic ring is 1. The lowest BCUT2D eigenvalue weighted by Crippen LogP contribution is -2.29. The van der Waals surface area contributed by atoms with E-state index in [4.69, 9.17) is 15.7 Å². The number of pyridine rings is 1. The Balaban J connectivity index is 2.02. The second-order valence-electron chi connectivity index (χ2n) is 4.62. The van der Waals surface area contributed by atoms with E-state index in [0.717, 1.165) is 31.4 Å². The lowest BCUT2D eigenvalue weighted by Gasteiger charge is -2.29. The van der Waals surface area contributed by atoms with Gasteiger partial charge in [-0.25, -0.2) is 4.98 Å². The van der Waals surface area contributed by atoms with Gasteiger partial charge in [0.15, 0.2) is 0 Å². The van der Waals surface area contributed by atoms with Gasteiger partial charge in [0.1, 0.15) is 11.9 Å². The van der Waals surface area contributed by atoms with E-state index in [9.17, 15) is 0 Å². The van der Waals surface area contributed by atoms with Crippen LogP contribution in [-0.2, 0) is 4.74 Å². The van der Waals surface area contributed by atoms with Crippen LogP contribution >= 0.6 is 0 Å². The molecule has 3 N–H and O–H groups in total. The number of methoxy groups -OCH3 is 1. The van der Waals surface area contributed by atoms with Crippen LogP contribution in [0.5, 0.6) is 0 Å². The summed E-state index contributed by atoms with van der Waals surface area (Å²) in [6.07, 6.45) is 6.09. The lowest BCUT2D eigenvalue weighted by molar-refractivity contribution is 0.0682. The second kappa shape index (κ2) is 5.69. The zero-order chi connectivity index (χ0) is 13.0. The first-order valence-corrected chi connectivity index (χ1v) is 6.18. The van der Waals surface area contributed by atoms with Gasteiger partial charge in [-0.05, 0) is 25.7 Å². The first kappa shape index (κ1) is 12.7. The zero-order valence-electron chi connectivity index (χ0n) is 10.5. The highest BCUT2D eigenvalue weighted by Gasteiger charge is 2.21. The Labute approximate surface area is 107 Å². The number of anilines is 2. The highest BCUT2D eigenvalue weighted by Crippen LogP contribution is 2.25. The molecular formula is C13H18N4O. The standard InChI is InChI=1S/C13H18N4O/c1-18-11-4-2-10(3-5-11)17-12-6-13(15)16-8-9(12)7-14/h6,8,10-11H,2-5H2,1H3,(H3,15,16,17)/t10-,11+. The fourth-order valence-electron chi connectivity index (χ4n) is 2.34. The van der Waals surface area contributed by atoms with Crippen molar-refractivity contribution in [2.45, 2.75) is 37.8 Å². The molecule has 5 nitrogen and oxygen atoms in total. The molecule has 1 saturated carbocycles. The van der Waals surface area contributed by atoms with E-state index in [0.29, 0.717) is 23.5 Å². The molecule has 0 amide bonds. The maximum atomic E-state index is 9.03. The summed E-state index contributed by atoms with van der Waals surface area (Å²) < 4.78 is 5.34. The third kappa shape index (κ3) is 2.90. The fraction of sp³-hybridized carbons (Fsp3) is 0.538. The normalized spacial score (nSPS) is 23.3. The van der Waals surface area contributed by atoms with Crippen molar-refractivity contribution in [1.82, 2.24) is 4.98 Å². The van der Waals surface area contributed by atoms with Crippen LogP contribution in [0.2, 0.25) is 0 Å². The molecule has 0 unspecified atom stereocenters. The maximum Gasteiger partial charge on any atom is 0.125 e. The number of nitrogens with one attached hydrogen (secondary N) is 1. The highest BCUT2D eigenvalue weighted by atomic mass is 16.5. The van der Waals surface area contributed by atoms with Gasteiger partial charge < -0.3 is 15.8 Å². The molecule has 1 aromatic rings. The molecule has 1 fully saturated rings. The number of nitrogens with two attached hydrogens (primary N) is 1. The van der Waals surface area contributed by atoms with Gasteiger partial charge in [0.05, 0.1) is 17.4 Å². The molecule has 0 bridgehead atoms. The third-order valence-electron chi connectivity index (χ3n) is 3.41. The number of hydrogen-bond donors (Lipinski definition) is 2. The topological polar surface area (TPSA) is 84.0 Å². The van der Waals surface area contributed by atoms with Gasteiger partial charge in [0.25, 0.3) is 0 Å². The molecule has 1 heterocycles. The Hall–Kier alpha value is -1.80. The van der Waals surface area contributed by atoms with Crippen LogP contribution in [0.15, 0.2) is 12.3 Å². The van der Waals surface area contributed by atoms with Gasteiger partial charge in [-0.1, -0.05) is 0 Å². The fourth-order valence-corrected chi connectivity index (χ4v) is 2.34. The Bertz CT molecular complexity index is 447. The van der Waals surface area contributed by atoms with E-state index in [1.165, 1.54) is 6.20 Å². The van der Waals surface area contributed by atoms with E-state index in [-0.39, 0.29) is 0 Å². The lowest BCUT2D eigenvalue weighted by atomic mass is 9.92. The molecule has 0 radical (unpaired) electrons. The van der Waals surface area contributed by atoms with E-state index in [1.54, 1.807) is 13.2 Å². The monoisotopic (exact) mass is 246 g/mol. The van der Waals surface area contributed by atoms with Crippen molar-refractivity contribution >= 4 is 11.5 Å². The molecule has 0 spiro atoms. The van der Waals surface area contributed by atoms with Gasteiger partial charge >= 0.3 is 0 Å². The molecule has 0 aromatic carbocycles. The van der Waals surface area contributed by atoms with Crippen LogP contribution in [0.1, 0.15) is 31.2 Å². The molecule has 0 aliphatic heterocycles. The van der Waals surface area contributed by atoms with Crippen molar-refractivity contribution < 1.29 is 4.74 Å². The van der Waals surface area contributed by atoms with Gasteiger partial charge in [-0.3, -0.25) is 0 Å². The first-order chi connectivity index (χ1) is 8.72. The van der Waals surface area contributed by atoms with Gasteiger partial charge in [-0.2, -0.15) is 5.26 Å². The van der Waals surface area contributed by atoms with Gasteiger partial charge in [0.2, 0.25) is 0 Å². The third-order valence-corrected chi connectivity index (χ3v) is 3.41. The maximum absolute atomic E-state index is 9.03. The van der Waals surface area contributed by atoms with Crippen LogP contribution in [0.3, 0.4) is 0 Å². The molecule has 0 saturated heterocycles. The minimum atomic E-state index is 0.376. The van der Waals surface area contributed by atoms with Crippen LogP contribution in [-0.4, -0.2) is 24.2 Å². The van der Waals surface area contributed by atoms with Gasteiger partial charge in [0, 0.05) is 25.4 Å². The summed E-state index contributed by atoms with van der Waals surface area (Å²) in [4.78, 5) is 3.92. The zero-order valence-corrected chi connectivity index (χ0v) is 10.5. The Morgan fingerprint density at radius 1 is 1.44 bits per heavy atom. The minimum absolute atomic E-state index is 0.376. The molecule has 5 heteroatoms. The molecule has 1 aliphatic carbocycles. The molecular weight excluding hydrogens is 228 g/mol. The Kier molecular flexibility index (Phi) is 4.00. The molecule has 96 valence electrons. The second-order valence-corrected chi connectivity index (χ2v) is 4.62. The molecule has 18 heavy (non-hydrogen) atoms. The number of nitriles is 1. The number of rotatable bonds is 3. The van der Waals surface area contributed by atoms with Crippen molar-refractivity contribution in [3.8, 4) is 6.07 Å². The van der Waals surface area contributed by atoms with Crippen LogP contribution in [0.4, 0.5) is 11.5 Å². The van der Waals surface area contributed by atoms with E-state index in [1.807, 2.05) is 0 Å². The first-order valence-electron chi connectivity index (χ1n) is 6.18. The van der Waals surface area contributed by atoms with Crippen molar-refractivity contribution in [2.75, 3.05) is 18.2 Å². The number of aromatic nitrogens is 1. The number of hydrogen-bond acceptors (Lipinski definition) is 5. The summed E-state index contributed by atoms with van der Waals surface area (Å²) in [6.45, 7) is 0. The smallest absolute Gasteiger partial charge is 0.125 e. The van der Waals surface area contributed by atoms with E-state index < -0.39 is 0 Å².